The fourth-order valence-electron chi connectivity index (χ4n) is 3.99. The number of nitrogens with zero attached hydrogens (tertiary/aromatic N) is 3. The molecule has 0 bridgehead atoms. The number of aromatic nitrogens is 3. The van der Waals surface area contributed by atoms with E-state index in [2.05, 4.69) is 27.3 Å². The van der Waals surface area contributed by atoms with Crippen LogP contribution in [-0.2, 0) is 0 Å². The molecule has 2 atom stereocenters. The van der Waals surface area contributed by atoms with Crippen LogP contribution in [0.25, 0.3) is 11.0 Å². The van der Waals surface area contributed by atoms with Gasteiger partial charge in [-0.15, -0.1) is 0 Å². The summed E-state index contributed by atoms with van der Waals surface area (Å²) < 4.78 is 0. The van der Waals surface area contributed by atoms with Gasteiger partial charge in [-0.2, -0.15) is 5.10 Å². The third kappa shape index (κ3) is 2.76. The third-order valence-electron chi connectivity index (χ3n) is 5.32. The minimum atomic E-state index is 0.0295. The molecule has 1 aliphatic rings. The third-order valence-corrected chi connectivity index (χ3v) is 5.32. The fraction of sp³-hybridized carbons (Fsp3) is 0.350. The Kier molecular flexibility index (Phi) is 4.20. The minimum Gasteiger partial charge on any atom is -0.338 e. The first-order valence-corrected chi connectivity index (χ1v) is 8.95. The van der Waals surface area contributed by atoms with Gasteiger partial charge >= 0.3 is 0 Å². The molecule has 1 saturated heterocycles. The van der Waals surface area contributed by atoms with E-state index in [1.54, 1.807) is 0 Å². The summed E-state index contributed by atoms with van der Waals surface area (Å²) in [7, 11) is 0. The van der Waals surface area contributed by atoms with Crippen molar-refractivity contribution in [1.82, 2.24) is 20.1 Å². The number of rotatable bonds is 3. The van der Waals surface area contributed by atoms with Crippen LogP contribution >= 0.6 is 0 Å². The van der Waals surface area contributed by atoms with Gasteiger partial charge in [0.1, 0.15) is 0 Å². The molecule has 1 aliphatic heterocycles. The second-order valence-electron chi connectivity index (χ2n) is 7.08. The fourth-order valence-corrected chi connectivity index (χ4v) is 3.99. The first-order chi connectivity index (χ1) is 12.6. The van der Waals surface area contributed by atoms with Crippen LogP contribution in [0, 0.1) is 19.8 Å². The molecule has 3 aromatic rings. The monoisotopic (exact) mass is 349 g/mol. The van der Waals surface area contributed by atoms with Crippen LogP contribution in [0.2, 0.25) is 0 Å². The van der Waals surface area contributed by atoms with Crippen LogP contribution < -0.4 is 5.73 Å². The highest BCUT2D eigenvalue weighted by atomic mass is 16.2. The van der Waals surface area contributed by atoms with Crippen molar-refractivity contribution < 1.29 is 4.79 Å². The summed E-state index contributed by atoms with van der Waals surface area (Å²) in [6, 6.07) is 12.2. The SMILES string of the molecule is Cc1cc(C(=O)N2C[C@@H](CN)[C@H](c3ccccc3)C2)c2c(C)[nH]nc2n1. The van der Waals surface area contributed by atoms with Crippen LogP contribution in [-0.4, -0.2) is 45.6 Å². The van der Waals surface area contributed by atoms with Gasteiger partial charge in [0.15, 0.2) is 5.65 Å². The number of hydrogen-bond donors (Lipinski definition) is 2. The molecule has 3 N–H and O–H groups in total. The van der Waals surface area contributed by atoms with E-state index in [-0.39, 0.29) is 17.7 Å². The molecule has 0 unspecified atom stereocenters. The number of amides is 1. The molecule has 0 radical (unpaired) electrons. The number of aromatic amines is 1. The van der Waals surface area contributed by atoms with Crippen molar-refractivity contribution in [2.75, 3.05) is 19.6 Å². The maximum absolute atomic E-state index is 13.3. The first-order valence-electron chi connectivity index (χ1n) is 8.95. The summed E-state index contributed by atoms with van der Waals surface area (Å²) in [5, 5.41) is 7.97. The van der Waals surface area contributed by atoms with E-state index in [1.807, 2.05) is 43.0 Å². The first kappa shape index (κ1) is 16.7. The average Bonchev–Trinajstić information content (AvgIpc) is 3.25. The van der Waals surface area contributed by atoms with Crippen LogP contribution in [0.15, 0.2) is 36.4 Å². The Hall–Kier alpha value is -2.73. The van der Waals surface area contributed by atoms with E-state index >= 15 is 0 Å². The van der Waals surface area contributed by atoms with Crippen molar-refractivity contribution in [3.63, 3.8) is 0 Å². The summed E-state index contributed by atoms with van der Waals surface area (Å²) in [5.41, 5.74) is 10.2. The Morgan fingerprint density at radius 2 is 2.04 bits per heavy atom. The average molecular weight is 349 g/mol. The Morgan fingerprint density at radius 3 is 2.77 bits per heavy atom. The molecule has 0 spiro atoms. The molecule has 134 valence electrons. The van der Waals surface area contributed by atoms with Crippen molar-refractivity contribution in [1.29, 1.82) is 0 Å². The zero-order valence-corrected chi connectivity index (χ0v) is 15.1. The maximum Gasteiger partial charge on any atom is 0.254 e. The summed E-state index contributed by atoms with van der Waals surface area (Å²) in [6.07, 6.45) is 0. The Bertz CT molecular complexity index is 949. The van der Waals surface area contributed by atoms with Crippen LogP contribution in [0.4, 0.5) is 0 Å². The molecule has 1 amide bonds. The topological polar surface area (TPSA) is 87.9 Å². The van der Waals surface area contributed by atoms with Crippen LogP contribution in [0.3, 0.4) is 0 Å². The van der Waals surface area contributed by atoms with E-state index in [4.69, 9.17) is 5.73 Å². The lowest BCUT2D eigenvalue weighted by Crippen LogP contribution is -2.30. The maximum atomic E-state index is 13.3. The zero-order valence-electron chi connectivity index (χ0n) is 15.1. The summed E-state index contributed by atoms with van der Waals surface area (Å²) >= 11 is 0. The van der Waals surface area contributed by atoms with Gasteiger partial charge in [-0.1, -0.05) is 30.3 Å². The molecule has 1 fully saturated rings. The molecular formula is C20H23N5O. The number of H-pyrrole nitrogens is 1. The van der Waals surface area contributed by atoms with Gasteiger partial charge in [-0.25, -0.2) is 4.98 Å². The van der Waals surface area contributed by atoms with Crippen LogP contribution in [0.5, 0.6) is 0 Å². The van der Waals surface area contributed by atoms with Crippen molar-refractivity contribution in [2.45, 2.75) is 19.8 Å². The van der Waals surface area contributed by atoms with Gasteiger partial charge in [0.25, 0.3) is 5.91 Å². The number of pyridine rings is 1. The van der Waals surface area contributed by atoms with Crippen molar-refractivity contribution in [3.8, 4) is 0 Å². The molecule has 6 heteroatoms. The molecule has 26 heavy (non-hydrogen) atoms. The van der Waals surface area contributed by atoms with E-state index < -0.39 is 0 Å². The van der Waals surface area contributed by atoms with E-state index in [1.165, 1.54) is 5.56 Å². The number of carbonyl (C=O) groups is 1. The van der Waals surface area contributed by atoms with Crippen molar-refractivity contribution in [3.05, 3.63) is 58.9 Å². The van der Waals surface area contributed by atoms with Gasteiger partial charge in [0, 0.05) is 30.4 Å². The van der Waals surface area contributed by atoms with E-state index in [0.29, 0.717) is 30.8 Å². The normalized spacial score (nSPS) is 20.0. The van der Waals surface area contributed by atoms with Gasteiger partial charge in [-0.3, -0.25) is 9.89 Å². The van der Waals surface area contributed by atoms with Gasteiger partial charge in [0.2, 0.25) is 0 Å². The second kappa shape index (κ2) is 6.53. The Morgan fingerprint density at radius 1 is 1.27 bits per heavy atom. The highest BCUT2D eigenvalue weighted by molar-refractivity contribution is 6.06. The van der Waals surface area contributed by atoms with Gasteiger partial charge < -0.3 is 10.6 Å². The zero-order chi connectivity index (χ0) is 18.3. The summed E-state index contributed by atoms with van der Waals surface area (Å²) in [4.78, 5) is 19.7. The number of fused-ring (bicyclic) bond motifs is 1. The Labute approximate surface area is 152 Å². The molecule has 2 aromatic heterocycles. The predicted molar refractivity (Wildman–Crippen MR) is 101 cm³/mol. The largest absolute Gasteiger partial charge is 0.338 e. The van der Waals surface area contributed by atoms with E-state index in [0.717, 1.165) is 16.8 Å². The quantitative estimate of drug-likeness (QED) is 0.760. The number of nitrogens with one attached hydrogen (secondary N) is 1. The molecular weight excluding hydrogens is 326 g/mol. The summed E-state index contributed by atoms with van der Waals surface area (Å²) in [5.74, 6) is 0.570. The number of likely N-dealkylation sites (tertiary alicyclic amines) is 1. The van der Waals surface area contributed by atoms with Gasteiger partial charge in [-0.05, 0) is 37.9 Å². The molecule has 1 aromatic carbocycles. The molecule has 0 saturated carbocycles. The molecule has 4 rings (SSSR count). The highest BCUT2D eigenvalue weighted by Crippen LogP contribution is 2.33. The number of hydrogen-bond acceptors (Lipinski definition) is 4. The predicted octanol–water partition coefficient (Wildman–Crippen LogP) is 2.39. The molecule has 0 aliphatic carbocycles. The van der Waals surface area contributed by atoms with E-state index in [9.17, 15) is 4.79 Å². The molecule has 6 nitrogen and oxygen atoms in total. The second-order valence-corrected chi connectivity index (χ2v) is 7.08. The van der Waals surface area contributed by atoms with Crippen molar-refractivity contribution in [2.24, 2.45) is 11.7 Å². The lowest BCUT2D eigenvalue weighted by Gasteiger charge is -2.17. The molecule has 3 heterocycles. The Balaban J connectivity index is 1.68. The number of benzene rings is 1. The summed E-state index contributed by atoms with van der Waals surface area (Å²) in [6.45, 7) is 5.74. The lowest BCUT2D eigenvalue weighted by atomic mass is 9.89. The minimum absolute atomic E-state index is 0.0295. The standard InChI is InChI=1S/C20H23N5O/c1-12-8-16(18-13(2)23-24-19(18)22-12)20(26)25-10-15(9-21)17(11-25)14-6-4-3-5-7-14/h3-8,15,17H,9-11,21H2,1-2H3,(H,22,23,24)/t15-,17+/m1/s1. The lowest BCUT2D eigenvalue weighted by molar-refractivity contribution is 0.0788. The smallest absolute Gasteiger partial charge is 0.254 e. The number of nitrogens with two attached hydrogens (primary N) is 1. The van der Waals surface area contributed by atoms with Gasteiger partial charge in [0.05, 0.1) is 10.9 Å². The number of carbonyl (C=O) groups excluding carboxylic acids is 1. The van der Waals surface area contributed by atoms with Crippen LogP contribution in [0.1, 0.15) is 33.2 Å². The van der Waals surface area contributed by atoms with Crippen molar-refractivity contribution >= 4 is 16.9 Å². The number of aryl methyl sites for hydroxylation is 2. The highest BCUT2D eigenvalue weighted by Gasteiger charge is 2.36.